The van der Waals surface area contributed by atoms with E-state index >= 15 is 0 Å². The Kier molecular flexibility index (Phi) is 4.78. The topological polar surface area (TPSA) is 70.3 Å². The molecular weight excluding hydrogens is 342 g/mol. The maximum atomic E-state index is 5.60. The van der Waals surface area contributed by atoms with Gasteiger partial charge in [0.25, 0.3) is 5.89 Å². The first-order chi connectivity index (χ1) is 13.3. The number of hydrogen-bond acceptors (Lipinski definition) is 6. The lowest BCUT2D eigenvalue weighted by Gasteiger charge is -2.05. The van der Waals surface area contributed by atoms with Crippen molar-refractivity contribution in [3.63, 3.8) is 0 Å². The van der Waals surface area contributed by atoms with Gasteiger partial charge in [0.1, 0.15) is 5.75 Å². The largest absolute Gasteiger partial charge is 0.484 e. The van der Waals surface area contributed by atoms with Gasteiger partial charge in [-0.15, -0.1) is 0 Å². The standard InChI is InChI=1S/C21H17N3O3/c1-25-21-16(13-15-7-5-6-10-18(15)22-21)11-12-19-23-20(27-24-19)14-26-17-8-3-2-4-9-17/h2-13H,14H2,1H3/b12-11+. The first kappa shape index (κ1) is 16.8. The summed E-state index contributed by atoms with van der Waals surface area (Å²) in [5, 5.41) is 4.98. The van der Waals surface area contributed by atoms with E-state index in [1.54, 1.807) is 13.2 Å². The Morgan fingerprint density at radius 1 is 0.963 bits per heavy atom. The van der Waals surface area contributed by atoms with Gasteiger partial charge in [0, 0.05) is 10.9 Å². The van der Waals surface area contributed by atoms with Gasteiger partial charge >= 0.3 is 0 Å². The Morgan fingerprint density at radius 2 is 1.78 bits per heavy atom. The maximum absolute atomic E-state index is 5.60. The summed E-state index contributed by atoms with van der Waals surface area (Å²) >= 11 is 0. The molecule has 2 aromatic carbocycles. The highest BCUT2D eigenvalue weighted by Crippen LogP contribution is 2.23. The molecule has 2 aromatic heterocycles. The summed E-state index contributed by atoms with van der Waals surface area (Å²) in [6.07, 6.45) is 3.61. The minimum absolute atomic E-state index is 0.214. The molecule has 0 radical (unpaired) electrons. The molecule has 0 aliphatic heterocycles. The number of methoxy groups -OCH3 is 1. The third-order valence-corrected chi connectivity index (χ3v) is 3.91. The molecule has 0 amide bonds. The molecule has 0 spiro atoms. The molecule has 134 valence electrons. The van der Waals surface area contributed by atoms with Gasteiger partial charge in [0.2, 0.25) is 5.88 Å². The molecule has 6 nitrogen and oxygen atoms in total. The Hall–Kier alpha value is -3.67. The normalized spacial score (nSPS) is 11.1. The molecule has 2 heterocycles. The summed E-state index contributed by atoms with van der Waals surface area (Å²) in [7, 11) is 1.60. The van der Waals surface area contributed by atoms with Crippen molar-refractivity contribution in [3.8, 4) is 11.6 Å². The van der Waals surface area contributed by atoms with Crippen molar-refractivity contribution < 1.29 is 14.0 Å². The molecule has 0 atom stereocenters. The van der Waals surface area contributed by atoms with Gasteiger partial charge in [-0.1, -0.05) is 41.6 Å². The molecule has 0 N–H and O–H groups in total. The van der Waals surface area contributed by atoms with Gasteiger partial charge in [0.15, 0.2) is 12.4 Å². The molecule has 0 aliphatic rings. The zero-order valence-electron chi connectivity index (χ0n) is 14.7. The van der Waals surface area contributed by atoms with Gasteiger partial charge in [-0.05, 0) is 36.4 Å². The summed E-state index contributed by atoms with van der Waals surface area (Å²) in [4.78, 5) is 8.82. The molecular formula is C21H17N3O3. The van der Waals surface area contributed by atoms with Crippen molar-refractivity contribution >= 4 is 23.1 Å². The lowest BCUT2D eigenvalue weighted by molar-refractivity contribution is 0.242. The lowest BCUT2D eigenvalue weighted by Crippen LogP contribution is -1.95. The van der Waals surface area contributed by atoms with Gasteiger partial charge in [0.05, 0.1) is 12.6 Å². The number of aromatic nitrogens is 3. The van der Waals surface area contributed by atoms with E-state index < -0.39 is 0 Å². The molecule has 6 heteroatoms. The van der Waals surface area contributed by atoms with Crippen molar-refractivity contribution in [2.45, 2.75) is 6.61 Å². The fraction of sp³-hybridized carbons (Fsp3) is 0.0952. The van der Waals surface area contributed by atoms with Crippen LogP contribution in [0.3, 0.4) is 0 Å². The Bertz CT molecular complexity index is 1070. The van der Waals surface area contributed by atoms with Crippen molar-refractivity contribution in [3.05, 3.63) is 77.9 Å². The third-order valence-electron chi connectivity index (χ3n) is 3.91. The van der Waals surface area contributed by atoms with E-state index in [4.69, 9.17) is 14.0 Å². The zero-order valence-corrected chi connectivity index (χ0v) is 14.7. The number of para-hydroxylation sites is 2. The molecule has 27 heavy (non-hydrogen) atoms. The summed E-state index contributed by atoms with van der Waals surface area (Å²) in [5.41, 5.74) is 1.72. The van der Waals surface area contributed by atoms with Crippen LogP contribution < -0.4 is 9.47 Å². The maximum Gasteiger partial charge on any atom is 0.264 e. The van der Waals surface area contributed by atoms with Gasteiger partial charge in [-0.2, -0.15) is 4.98 Å². The van der Waals surface area contributed by atoms with E-state index in [0.29, 0.717) is 17.6 Å². The summed E-state index contributed by atoms with van der Waals surface area (Å²) < 4.78 is 16.2. The van der Waals surface area contributed by atoms with E-state index in [-0.39, 0.29) is 6.61 Å². The fourth-order valence-electron chi connectivity index (χ4n) is 2.62. The van der Waals surface area contributed by atoms with Crippen LogP contribution in [-0.4, -0.2) is 22.2 Å². The van der Waals surface area contributed by atoms with E-state index in [0.717, 1.165) is 22.2 Å². The molecule has 0 aliphatic carbocycles. The number of pyridine rings is 1. The second-order valence-corrected chi connectivity index (χ2v) is 5.76. The van der Waals surface area contributed by atoms with Crippen LogP contribution in [0.1, 0.15) is 17.3 Å². The number of hydrogen-bond donors (Lipinski definition) is 0. The van der Waals surface area contributed by atoms with E-state index in [9.17, 15) is 0 Å². The summed E-state index contributed by atoms with van der Waals surface area (Å²) in [6, 6.07) is 19.4. The lowest BCUT2D eigenvalue weighted by atomic mass is 10.1. The fourth-order valence-corrected chi connectivity index (χ4v) is 2.62. The molecule has 0 fully saturated rings. The van der Waals surface area contributed by atoms with Crippen molar-refractivity contribution in [2.75, 3.05) is 7.11 Å². The molecule has 0 saturated carbocycles. The van der Waals surface area contributed by atoms with Crippen LogP contribution in [0.25, 0.3) is 23.1 Å². The Morgan fingerprint density at radius 3 is 2.63 bits per heavy atom. The third kappa shape index (κ3) is 3.95. The summed E-state index contributed by atoms with van der Waals surface area (Å²) in [6.45, 7) is 0.214. The molecule has 0 bridgehead atoms. The van der Waals surface area contributed by atoms with Gasteiger partial charge in [-0.3, -0.25) is 0 Å². The number of nitrogens with zero attached hydrogens (tertiary/aromatic N) is 3. The van der Waals surface area contributed by atoms with Gasteiger partial charge < -0.3 is 14.0 Å². The van der Waals surface area contributed by atoms with E-state index in [1.165, 1.54) is 0 Å². The molecule has 4 rings (SSSR count). The average molecular weight is 359 g/mol. The van der Waals surface area contributed by atoms with Crippen molar-refractivity contribution in [2.24, 2.45) is 0 Å². The van der Waals surface area contributed by atoms with Crippen LogP contribution in [0.2, 0.25) is 0 Å². The Balaban J connectivity index is 1.50. The highest BCUT2D eigenvalue weighted by atomic mass is 16.5. The SMILES string of the molecule is COc1nc2ccccc2cc1/C=C/c1noc(COc2ccccc2)n1. The minimum Gasteiger partial charge on any atom is -0.484 e. The van der Waals surface area contributed by atoms with E-state index in [1.807, 2.05) is 66.7 Å². The Labute approximate surface area is 156 Å². The van der Waals surface area contributed by atoms with Gasteiger partial charge in [-0.25, -0.2) is 4.98 Å². The number of ether oxygens (including phenoxy) is 2. The molecule has 0 unspecified atom stereocenters. The van der Waals surface area contributed by atoms with Crippen LogP contribution in [0.15, 0.2) is 65.2 Å². The first-order valence-electron chi connectivity index (χ1n) is 8.44. The van der Waals surface area contributed by atoms with Crippen LogP contribution >= 0.6 is 0 Å². The minimum atomic E-state index is 0.214. The predicted octanol–water partition coefficient (Wildman–Crippen LogP) is 4.38. The molecule has 4 aromatic rings. The highest BCUT2D eigenvalue weighted by molar-refractivity contribution is 5.84. The van der Waals surface area contributed by atoms with Crippen LogP contribution in [0.4, 0.5) is 0 Å². The first-order valence-corrected chi connectivity index (χ1v) is 8.44. The van der Waals surface area contributed by atoms with E-state index in [2.05, 4.69) is 15.1 Å². The number of fused-ring (bicyclic) bond motifs is 1. The molecule has 0 saturated heterocycles. The highest BCUT2D eigenvalue weighted by Gasteiger charge is 2.07. The van der Waals surface area contributed by atoms with Crippen LogP contribution in [0, 0.1) is 0 Å². The van der Waals surface area contributed by atoms with Crippen LogP contribution in [0.5, 0.6) is 11.6 Å². The number of rotatable bonds is 6. The van der Waals surface area contributed by atoms with Crippen molar-refractivity contribution in [1.29, 1.82) is 0 Å². The second kappa shape index (κ2) is 7.70. The van der Waals surface area contributed by atoms with Crippen LogP contribution in [-0.2, 0) is 6.61 Å². The quantitative estimate of drug-likeness (QED) is 0.509. The monoisotopic (exact) mass is 359 g/mol. The predicted molar refractivity (Wildman–Crippen MR) is 102 cm³/mol. The smallest absolute Gasteiger partial charge is 0.264 e. The second-order valence-electron chi connectivity index (χ2n) is 5.76. The zero-order chi connectivity index (χ0) is 18.5. The number of benzene rings is 2. The average Bonchev–Trinajstić information content (AvgIpc) is 3.18. The summed E-state index contributed by atoms with van der Waals surface area (Å²) in [5.74, 6) is 2.15. The van der Waals surface area contributed by atoms with Crippen molar-refractivity contribution in [1.82, 2.24) is 15.1 Å².